The number of likely N-dealkylation sites (tertiary alicyclic amines) is 1. The minimum Gasteiger partial charge on any atom is -0.497 e. The predicted molar refractivity (Wildman–Crippen MR) is 119 cm³/mol. The van der Waals surface area contributed by atoms with Gasteiger partial charge in [0.15, 0.2) is 0 Å². The minimum absolute atomic E-state index is 0.0189. The van der Waals surface area contributed by atoms with Gasteiger partial charge in [-0.05, 0) is 50.2 Å². The van der Waals surface area contributed by atoms with Crippen molar-refractivity contribution in [3.63, 3.8) is 0 Å². The second-order valence-corrected chi connectivity index (χ2v) is 7.74. The number of nitrogens with zero attached hydrogens (tertiary/aromatic N) is 2. The SMILES string of the molecule is COc1ccc(NC(=O)C(=O)NCC(c2cccn2C)N2CCCCCC2)c(OC)c1. The first-order chi connectivity index (χ1) is 15.0. The van der Waals surface area contributed by atoms with Crippen molar-refractivity contribution >= 4 is 17.5 Å². The van der Waals surface area contributed by atoms with Gasteiger partial charge >= 0.3 is 11.8 Å². The summed E-state index contributed by atoms with van der Waals surface area (Å²) in [6, 6.07) is 9.09. The Kier molecular flexibility index (Phi) is 7.94. The Morgan fingerprint density at radius 1 is 1.03 bits per heavy atom. The highest BCUT2D eigenvalue weighted by molar-refractivity contribution is 6.39. The summed E-state index contributed by atoms with van der Waals surface area (Å²) in [5.74, 6) is -0.384. The number of carbonyl (C=O) groups is 2. The molecule has 2 N–H and O–H groups in total. The predicted octanol–water partition coefficient (Wildman–Crippen LogP) is 2.71. The van der Waals surface area contributed by atoms with E-state index >= 15 is 0 Å². The molecule has 8 heteroatoms. The van der Waals surface area contributed by atoms with Crippen LogP contribution in [0.3, 0.4) is 0 Å². The summed E-state index contributed by atoms with van der Waals surface area (Å²) >= 11 is 0. The largest absolute Gasteiger partial charge is 0.497 e. The average Bonchev–Trinajstić information content (AvgIpc) is 3.02. The summed E-state index contributed by atoms with van der Waals surface area (Å²) in [6.45, 7) is 2.34. The Balaban J connectivity index is 1.66. The fourth-order valence-corrected chi connectivity index (χ4v) is 4.00. The van der Waals surface area contributed by atoms with E-state index in [2.05, 4.69) is 26.2 Å². The molecule has 1 fully saturated rings. The Bertz CT molecular complexity index is 887. The van der Waals surface area contributed by atoms with Gasteiger partial charge in [-0.2, -0.15) is 0 Å². The third-order valence-corrected chi connectivity index (χ3v) is 5.73. The lowest BCUT2D eigenvalue weighted by molar-refractivity contribution is -0.136. The number of aryl methyl sites for hydroxylation is 1. The van der Waals surface area contributed by atoms with Gasteiger partial charge in [-0.25, -0.2) is 0 Å². The van der Waals surface area contributed by atoms with Crippen LogP contribution < -0.4 is 20.1 Å². The second kappa shape index (κ2) is 10.9. The van der Waals surface area contributed by atoms with Crippen LogP contribution in [0.25, 0.3) is 0 Å². The first kappa shape index (κ1) is 22.7. The highest BCUT2D eigenvalue weighted by Gasteiger charge is 2.25. The molecule has 0 radical (unpaired) electrons. The van der Waals surface area contributed by atoms with Crippen LogP contribution >= 0.6 is 0 Å². The maximum atomic E-state index is 12.6. The van der Waals surface area contributed by atoms with Crippen LogP contribution in [0.15, 0.2) is 36.5 Å². The number of ether oxygens (including phenoxy) is 2. The number of hydrogen-bond donors (Lipinski definition) is 2. The zero-order valence-corrected chi connectivity index (χ0v) is 18.5. The van der Waals surface area contributed by atoms with E-state index in [0.717, 1.165) is 31.6 Å². The maximum absolute atomic E-state index is 12.6. The molecule has 2 heterocycles. The van der Waals surface area contributed by atoms with E-state index in [9.17, 15) is 9.59 Å². The highest BCUT2D eigenvalue weighted by atomic mass is 16.5. The van der Waals surface area contributed by atoms with Crippen LogP contribution in [0.4, 0.5) is 5.69 Å². The average molecular weight is 429 g/mol. The molecule has 1 aliphatic rings. The van der Waals surface area contributed by atoms with Crippen molar-refractivity contribution in [2.45, 2.75) is 31.7 Å². The van der Waals surface area contributed by atoms with Crippen LogP contribution in [0.2, 0.25) is 0 Å². The molecule has 3 rings (SSSR count). The number of rotatable bonds is 7. The van der Waals surface area contributed by atoms with Crippen molar-refractivity contribution in [2.75, 3.05) is 39.2 Å². The number of hydrogen-bond acceptors (Lipinski definition) is 5. The van der Waals surface area contributed by atoms with Gasteiger partial charge < -0.3 is 24.7 Å². The van der Waals surface area contributed by atoms with E-state index < -0.39 is 11.8 Å². The van der Waals surface area contributed by atoms with E-state index in [4.69, 9.17) is 9.47 Å². The molecule has 1 aromatic heterocycles. The van der Waals surface area contributed by atoms with Gasteiger partial charge in [-0.3, -0.25) is 14.5 Å². The van der Waals surface area contributed by atoms with E-state index in [-0.39, 0.29) is 6.04 Å². The van der Waals surface area contributed by atoms with Crippen LogP contribution in [0.1, 0.15) is 37.4 Å². The molecule has 1 unspecified atom stereocenters. The maximum Gasteiger partial charge on any atom is 0.313 e. The normalized spacial score (nSPS) is 15.6. The molecule has 0 aliphatic carbocycles. The van der Waals surface area contributed by atoms with E-state index in [0.29, 0.717) is 23.7 Å². The molecule has 0 spiro atoms. The van der Waals surface area contributed by atoms with Crippen molar-refractivity contribution in [2.24, 2.45) is 7.05 Å². The Morgan fingerprint density at radius 3 is 2.39 bits per heavy atom. The fraction of sp³-hybridized carbons (Fsp3) is 0.478. The van der Waals surface area contributed by atoms with Gasteiger partial charge in [-0.15, -0.1) is 0 Å². The molecule has 31 heavy (non-hydrogen) atoms. The summed E-state index contributed by atoms with van der Waals surface area (Å²) in [5, 5.41) is 5.45. The third kappa shape index (κ3) is 5.79. The molecule has 1 saturated heterocycles. The van der Waals surface area contributed by atoms with E-state index in [1.807, 2.05) is 19.3 Å². The summed E-state index contributed by atoms with van der Waals surface area (Å²) in [4.78, 5) is 27.5. The van der Waals surface area contributed by atoms with Gasteiger partial charge in [0.2, 0.25) is 0 Å². The number of carbonyl (C=O) groups excluding carboxylic acids is 2. The Hall–Kier alpha value is -3.00. The monoisotopic (exact) mass is 428 g/mol. The van der Waals surface area contributed by atoms with Gasteiger partial charge in [0, 0.05) is 31.5 Å². The Morgan fingerprint density at radius 2 is 1.77 bits per heavy atom. The quantitative estimate of drug-likeness (QED) is 0.663. The first-order valence-corrected chi connectivity index (χ1v) is 10.7. The van der Waals surface area contributed by atoms with Crippen molar-refractivity contribution in [3.8, 4) is 11.5 Å². The molecule has 2 aromatic rings. The van der Waals surface area contributed by atoms with Crippen LogP contribution in [-0.2, 0) is 16.6 Å². The number of amides is 2. The van der Waals surface area contributed by atoms with Crippen molar-refractivity contribution in [1.82, 2.24) is 14.8 Å². The fourth-order valence-electron chi connectivity index (χ4n) is 4.00. The summed E-state index contributed by atoms with van der Waals surface area (Å²) in [7, 11) is 5.05. The molecule has 0 bridgehead atoms. The van der Waals surface area contributed by atoms with Gasteiger partial charge in [0.1, 0.15) is 11.5 Å². The second-order valence-electron chi connectivity index (χ2n) is 7.74. The number of anilines is 1. The smallest absolute Gasteiger partial charge is 0.313 e. The number of aromatic nitrogens is 1. The molecular formula is C23H32N4O4. The Labute approximate surface area is 183 Å². The number of methoxy groups -OCH3 is 2. The van der Waals surface area contributed by atoms with Crippen molar-refractivity contribution < 1.29 is 19.1 Å². The molecule has 1 aliphatic heterocycles. The molecule has 1 atom stereocenters. The number of benzene rings is 1. The molecular weight excluding hydrogens is 396 g/mol. The number of nitrogens with one attached hydrogen (secondary N) is 2. The van der Waals surface area contributed by atoms with E-state index in [1.54, 1.807) is 25.3 Å². The van der Waals surface area contributed by atoms with Crippen molar-refractivity contribution in [1.29, 1.82) is 0 Å². The lowest BCUT2D eigenvalue weighted by atomic mass is 10.1. The molecule has 1 aromatic carbocycles. The van der Waals surface area contributed by atoms with Crippen LogP contribution in [0.5, 0.6) is 11.5 Å². The first-order valence-electron chi connectivity index (χ1n) is 10.7. The summed E-state index contributed by atoms with van der Waals surface area (Å²) < 4.78 is 12.5. The topological polar surface area (TPSA) is 84.8 Å². The summed E-state index contributed by atoms with van der Waals surface area (Å²) in [6.07, 6.45) is 6.76. The zero-order chi connectivity index (χ0) is 22.2. The van der Waals surface area contributed by atoms with Crippen LogP contribution in [0, 0.1) is 0 Å². The lowest BCUT2D eigenvalue weighted by Gasteiger charge is -2.31. The minimum atomic E-state index is -0.732. The van der Waals surface area contributed by atoms with Gasteiger partial charge in [0.05, 0.1) is 25.9 Å². The van der Waals surface area contributed by atoms with Gasteiger partial charge in [-0.1, -0.05) is 12.8 Å². The van der Waals surface area contributed by atoms with E-state index in [1.165, 1.54) is 20.0 Å². The van der Waals surface area contributed by atoms with Crippen molar-refractivity contribution in [3.05, 3.63) is 42.2 Å². The molecule has 2 amide bonds. The lowest BCUT2D eigenvalue weighted by Crippen LogP contribution is -2.43. The molecule has 8 nitrogen and oxygen atoms in total. The molecule has 168 valence electrons. The van der Waals surface area contributed by atoms with Gasteiger partial charge in [0.25, 0.3) is 0 Å². The third-order valence-electron chi connectivity index (χ3n) is 5.73. The zero-order valence-electron chi connectivity index (χ0n) is 18.5. The highest BCUT2D eigenvalue weighted by Crippen LogP contribution is 2.29. The summed E-state index contributed by atoms with van der Waals surface area (Å²) in [5.41, 5.74) is 1.54. The molecule has 0 saturated carbocycles. The standard InChI is InChI=1S/C23H32N4O4/c1-26-12-8-9-19(26)20(27-13-6-4-5-7-14-27)16-24-22(28)23(29)25-18-11-10-17(30-2)15-21(18)31-3/h8-12,15,20H,4-7,13-14,16H2,1-3H3,(H,24,28)(H,25,29). The van der Waals surface area contributed by atoms with Crippen LogP contribution in [-0.4, -0.2) is 55.1 Å².